The van der Waals surface area contributed by atoms with Crippen molar-refractivity contribution < 1.29 is 23.4 Å². The molecule has 0 saturated heterocycles. The molecule has 32 heavy (non-hydrogen) atoms. The number of ether oxygens (including phenoxy) is 3. The van der Waals surface area contributed by atoms with Crippen LogP contribution in [0.15, 0.2) is 53.3 Å². The van der Waals surface area contributed by atoms with Crippen LogP contribution in [0.25, 0.3) is 5.69 Å². The minimum absolute atomic E-state index is 0.0451. The van der Waals surface area contributed by atoms with Crippen LogP contribution in [-0.4, -0.2) is 36.0 Å². The molecule has 3 rings (SSSR count). The molecule has 0 bridgehead atoms. The number of rotatable bonds is 8. The Balaban J connectivity index is 1.83. The summed E-state index contributed by atoms with van der Waals surface area (Å²) in [6.07, 6.45) is -0.635. The van der Waals surface area contributed by atoms with E-state index < -0.39 is 23.4 Å². The molecule has 0 aliphatic heterocycles. The Bertz CT molecular complexity index is 1170. The number of anilines is 1. The SMILES string of the molecule is CC[C@@H](Oc1ccc(=O)n(-c2ccc(F)cc2)n1)C(=O)Nc1c(Cl)cc(OC)cc1OC. The number of aromatic nitrogens is 2. The zero-order valence-corrected chi connectivity index (χ0v) is 18.4. The van der Waals surface area contributed by atoms with E-state index in [1.807, 2.05) is 0 Å². The summed E-state index contributed by atoms with van der Waals surface area (Å²) in [4.78, 5) is 25.0. The summed E-state index contributed by atoms with van der Waals surface area (Å²) in [5, 5.41) is 7.07. The molecule has 0 saturated carbocycles. The van der Waals surface area contributed by atoms with Crippen molar-refractivity contribution in [1.82, 2.24) is 9.78 Å². The zero-order chi connectivity index (χ0) is 23.3. The highest BCUT2D eigenvalue weighted by molar-refractivity contribution is 6.34. The first-order chi connectivity index (χ1) is 15.4. The Morgan fingerprint density at radius 3 is 2.50 bits per heavy atom. The standard InChI is InChI=1S/C22H21ClFN3O5/c1-4-17(22(29)25-21-16(23)11-15(30-2)12-18(21)31-3)32-19-9-10-20(28)27(26-19)14-7-5-13(24)6-8-14/h5-12,17H,4H2,1-3H3,(H,25,29)/t17-/m1/s1. The number of methoxy groups -OCH3 is 2. The maximum Gasteiger partial charge on any atom is 0.271 e. The van der Waals surface area contributed by atoms with E-state index in [2.05, 4.69) is 10.4 Å². The van der Waals surface area contributed by atoms with Crippen LogP contribution < -0.4 is 25.1 Å². The van der Waals surface area contributed by atoms with Gasteiger partial charge in [0.15, 0.2) is 6.10 Å². The molecule has 1 aromatic heterocycles. The van der Waals surface area contributed by atoms with Crippen LogP contribution in [0.5, 0.6) is 17.4 Å². The number of carbonyl (C=O) groups is 1. The molecule has 1 amide bonds. The van der Waals surface area contributed by atoms with Crippen LogP contribution in [0.1, 0.15) is 13.3 Å². The molecule has 1 atom stereocenters. The summed E-state index contributed by atoms with van der Waals surface area (Å²) in [7, 11) is 2.93. The van der Waals surface area contributed by atoms with E-state index in [4.69, 9.17) is 25.8 Å². The van der Waals surface area contributed by atoms with Crippen LogP contribution in [0.3, 0.4) is 0 Å². The molecular weight excluding hydrogens is 441 g/mol. The second kappa shape index (κ2) is 10.1. The zero-order valence-electron chi connectivity index (χ0n) is 17.6. The number of hydrogen-bond donors (Lipinski definition) is 1. The lowest BCUT2D eigenvalue weighted by molar-refractivity contribution is -0.123. The summed E-state index contributed by atoms with van der Waals surface area (Å²) in [6.45, 7) is 1.76. The molecule has 0 aliphatic carbocycles. The third kappa shape index (κ3) is 5.17. The molecule has 0 fully saturated rings. The first-order valence-electron chi connectivity index (χ1n) is 9.61. The van der Waals surface area contributed by atoms with Gasteiger partial charge in [-0.1, -0.05) is 18.5 Å². The minimum Gasteiger partial charge on any atom is -0.497 e. The van der Waals surface area contributed by atoms with Gasteiger partial charge in [0.05, 0.1) is 24.9 Å². The molecule has 8 nitrogen and oxygen atoms in total. The van der Waals surface area contributed by atoms with Gasteiger partial charge in [-0.05, 0) is 30.7 Å². The Kier molecular flexibility index (Phi) is 7.32. The van der Waals surface area contributed by atoms with Crippen molar-refractivity contribution in [3.63, 3.8) is 0 Å². The summed E-state index contributed by atoms with van der Waals surface area (Å²) in [5.74, 6) is -0.0895. The summed E-state index contributed by atoms with van der Waals surface area (Å²) < 4.78 is 30.4. The van der Waals surface area contributed by atoms with Crippen molar-refractivity contribution in [1.29, 1.82) is 0 Å². The number of benzene rings is 2. The summed E-state index contributed by atoms with van der Waals surface area (Å²) >= 11 is 6.27. The van der Waals surface area contributed by atoms with E-state index in [0.29, 0.717) is 23.6 Å². The predicted octanol–water partition coefficient (Wildman–Crippen LogP) is 3.84. The average molecular weight is 462 g/mol. The highest BCUT2D eigenvalue weighted by atomic mass is 35.5. The molecular formula is C22H21ClFN3O5. The fourth-order valence-electron chi connectivity index (χ4n) is 2.85. The molecule has 1 N–H and O–H groups in total. The highest BCUT2D eigenvalue weighted by Crippen LogP contribution is 2.37. The highest BCUT2D eigenvalue weighted by Gasteiger charge is 2.23. The quantitative estimate of drug-likeness (QED) is 0.548. The average Bonchev–Trinajstić information content (AvgIpc) is 2.80. The van der Waals surface area contributed by atoms with Crippen molar-refractivity contribution in [2.45, 2.75) is 19.4 Å². The topological polar surface area (TPSA) is 91.7 Å². The van der Waals surface area contributed by atoms with Crippen molar-refractivity contribution in [2.24, 2.45) is 0 Å². The first kappa shape index (κ1) is 23.1. The van der Waals surface area contributed by atoms with Crippen LogP contribution in [0.4, 0.5) is 10.1 Å². The van der Waals surface area contributed by atoms with Crippen molar-refractivity contribution in [3.05, 3.63) is 69.7 Å². The molecule has 3 aromatic rings. The lowest BCUT2D eigenvalue weighted by atomic mass is 10.2. The Morgan fingerprint density at radius 2 is 1.88 bits per heavy atom. The van der Waals surface area contributed by atoms with Gasteiger partial charge < -0.3 is 19.5 Å². The molecule has 10 heteroatoms. The largest absolute Gasteiger partial charge is 0.497 e. The Morgan fingerprint density at radius 1 is 1.16 bits per heavy atom. The third-order valence-corrected chi connectivity index (χ3v) is 4.80. The fraction of sp³-hybridized carbons (Fsp3) is 0.227. The van der Waals surface area contributed by atoms with Gasteiger partial charge in [0.1, 0.15) is 23.0 Å². The lowest BCUT2D eigenvalue weighted by Gasteiger charge is -2.19. The van der Waals surface area contributed by atoms with E-state index in [0.717, 1.165) is 4.68 Å². The number of nitrogens with one attached hydrogen (secondary N) is 1. The molecule has 0 radical (unpaired) electrons. The van der Waals surface area contributed by atoms with Gasteiger partial charge in [0.2, 0.25) is 5.88 Å². The molecule has 1 heterocycles. The second-order valence-corrected chi connectivity index (χ2v) is 7.00. The van der Waals surface area contributed by atoms with E-state index in [-0.39, 0.29) is 16.6 Å². The molecule has 0 spiro atoms. The number of carbonyl (C=O) groups excluding carboxylic acids is 1. The smallest absolute Gasteiger partial charge is 0.271 e. The molecule has 0 aliphatic rings. The number of amides is 1. The van der Waals surface area contributed by atoms with Crippen LogP contribution >= 0.6 is 11.6 Å². The first-order valence-corrected chi connectivity index (χ1v) is 9.99. The summed E-state index contributed by atoms with van der Waals surface area (Å²) in [6, 6.07) is 11.0. The Hall–Kier alpha value is -3.59. The minimum atomic E-state index is -0.940. The normalized spacial score (nSPS) is 11.5. The van der Waals surface area contributed by atoms with E-state index >= 15 is 0 Å². The van der Waals surface area contributed by atoms with Gasteiger partial charge in [0, 0.05) is 24.3 Å². The van der Waals surface area contributed by atoms with Crippen molar-refractivity contribution in [3.8, 4) is 23.1 Å². The van der Waals surface area contributed by atoms with Crippen molar-refractivity contribution in [2.75, 3.05) is 19.5 Å². The van der Waals surface area contributed by atoms with Crippen LogP contribution in [0.2, 0.25) is 5.02 Å². The maximum absolute atomic E-state index is 13.2. The predicted molar refractivity (Wildman–Crippen MR) is 118 cm³/mol. The van der Waals surface area contributed by atoms with E-state index in [1.165, 1.54) is 50.6 Å². The molecule has 168 valence electrons. The summed E-state index contributed by atoms with van der Waals surface area (Å²) in [5.41, 5.74) is 0.191. The van der Waals surface area contributed by atoms with Gasteiger partial charge in [-0.15, -0.1) is 5.10 Å². The van der Waals surface area contributed by atoms with E-state index in [9.17, 15) is 14.0 Å². The van der Waals surface area contributed by atoms with Crippen LogP contribution in [-0.2, 0) is 4.79 Å². The third-order valence-electron chi connectivity index (χ3n) is 4.50. The molecule has 2 aromatic carbocycles. The van der Waals surface area contributed by atoms with Gasteiger partial charge in [-0.25, -0.2) is 4.39 Å². The monoisotopic (exact) mass is 461 g/mol. The van der Waals surface area contributed by atoms with Crippen molar-refractivity contribution >= 4 is 23.2 Å². The maximum atomic E-state index is 13.2. The fourth-order valence-corrected chi connectivity index (χ4v) is 3.10. The van der Waals surface area contributed by atoms with Gasteiger partial charge >= 0.3 is 0 Å². The van der Waals surface area contributed by atoms with Gasteiger partial charge in [0.25, 0.3) is 11.5 Å². The van der Waals surface area contributed by atoms with E-state index in [1.54, 1.807) is 19.1 Å². The number of halogens is 2. The number of nitrogens with zero attached hydrogens (tertiary/aromatic N) is 2. The lowest BCUT2D eigenvalue weighted by Crippen LogP contribution is -2.33. The molecule has 0 unspecified atom stereocenters. The second-order valence-electron chi connectivity index (χ2n) is 6.59. The number of hydrogen-bond acceptors (Lipinski definition) is 6. The van der Waals surface area contributed by atoms with Crippen LogP contribution in [0, 0.1) is 5.82 Å². The van der Waals surface area contributed by atoms with Gasteiger partial charge in [-0.3, -0.25) is 9.59 Å². The Labute approximate surface area is 188 Å². The van der Waals surface area contributed by atoms with Gasteiger partial charge in [-0.2, -0.15) is 4.68 Å².